The van der Waals surface area contributed by atoms with Crippen LogP contribution in [0.1, 0.15) is 45.4 Å². The Balaban J connectivity index is 2.53. The van der Waals surface area contributed by atoms with Gasteiger partial charge in [0.1, 0.15) is 6.04 Å². The molecule has 7 nitrogen and oxygen atoms in total. The molecule has 1 atom stereocenters. The van der Waals surface area contributed by atoms with Crippen LogP contribution >= 0.6 is 0 Å². The van der Waals surface area contributed by atoms with Crippen molar-refractivity contribution in [3.8, 4) is 0 Å². The first kappa shape index (κ1) is 16.3. The summed E-state index contributed by atoms with van der Waals surface area (Å²) in [7, 11) is 0. The Labute approximate surface area is 117 Å². The lowest BCUT2D eigenvalue weighted by Gasteiger charge is -2.24. The molecule has 0 aromatic heterocycles. The summed E-state index contributed by atoms with van der Waals surface area (Å²) in [6.07, 6.45) is 3.33. The highest BCUT2D eigenvalue weighted by atomic mass is 16.4. The predicted molar refractivity (Wildman–Crippen MR) is 71.5 cm³/mol. The molecule has 1 fully saturated rings. The number of aliphatic carboxylic acids is 2. The number of carbonyl (C=O) groups is 3. The van der Waals surface area contributed by atoms with Gasteiger partial charge >= 0.3 is 18.0 Å². The average Bonchev–Trinajstić information content (AvgIpc) is 3.18. The van der Waals surface area contributed by atoms with E-state index in [0.29, 0.717) is 6.54 Å². The van der Waals surface area contributed by atoms with Gasteiger partial charge in [-0.05, 0) is 25.7 Å². The van der Waals surface area contributed by atoms with Gasteiger partial charge in [0.2, 0.25) is 0 Å². The van der Waals surface area contributed by atoms with Crippen LogP contribution in [-0.2, 0) is 9.59 Å². The smallest absolute Gasteiger partial charge is 0.326 e. The molecule has 0 radical (unpaired) electrons. The van der Waals surface area contributed by atoms with Gasteiger partial charge in [0.15, 0.2) is 0 Å². The summed E-state index contributed by atoms with van der Waals surface area (Å²) in [5.74, 6) is -2.28. The Bertz CT molecular complexity index is 368. The van der Waals surface area contributed by atoms with Gasteiger partial charge in [-0.2, -0.15) is 0 Å². The molecule has 3 N–H and O–H groups in total. The zero-order valence-corrected chi connectivity index (χ0v) is 11.7. The van der Waals surface area contributed by atoms with E-state index < -0.39 is 24.0 Å². The molecule has 0 aromatic rings. The zero-order valence-electron chi connectivity index (χ0n) is 11.7. The van der Waals surface area contributed by atoms with Gasteiger partial charge in [0.25, 0.3) is 0 Å². The lowest BCUT2D eigenvalue weighted by atomic mass is 10.1. The summed E-state index contributed by atoms with van der Waals surface area (Å²) >= 11 is 0. The maximum absolute atomic E-state index is 12.1. The number of rotatable bonds is 9. The molecule has 0 aliphatic heterocycles. The fraction of sp³-hybridized carbons (Fsp3) is 0.769. The van der Waals surface area contributed by atoms with Crippen molar-refractivity contribution in [3.05, 3.63) is 0 Å². The number of urea groups is 1. The average molecular weight is 286 g/mol. The molecule has 0 bridgehead atoms. The Kier molecular flexibility index (Phi) is 6.27. The van der Waals surface area contributed by atoms with Crippen molar-refractivity contribution in [3.63, 3.8) is 0 Å². The minimum Gasteiger partial charge on any atom is -0.481 e. The number of hydrogen-bond acceptors (Lipinski definition) is 3. The second-order valence-corrected chi connectivity index (χ2v) is 5.05. The van der Waals surface area contributed by atoms with Crippen LogP contribution < -0.4 is 5.32 Å². The summed E-state index contributed by atoms with van der Waals surface area (Å²) in [4.78, 5) is 35.3. The van der Waals surface area contributed by atoms with E-state index in [2.05, 4.69) is 5.32 Å². The number of carbonyl (C=O) groups excluding carboxylic acids is 1. The van der Waals surface area contributed by atoms with E-state index >= 15 is 0 Å². The summed E-state index contributed by atoms with van der Waals surface area (Å²) in [6, 6.07) is -1.35. The summed E-state index contributed by atoms with van der Waals surface area (Å²) in [5.41, 5.74) is 0. The molecule has 0 saturated heterocycles. The van der Waals surface area contributed by atoms with Crippen LogP contribution in [0.2, 0.25) is 0 Å². The molecule has 7 heteroatoms. The number of nitrogens with zero attached hydrogens (tertiary/aromatic N) is 1. The van der Waals surface area contributed by atoms with Crippen molar-refractivity contribution in [2.75, 3.05) is 6.54 Å². The fourth-order valence-corrected chi connectivity index (χ4v) is 1.92. The van der Waals surface area contributed by atoms with Gasteiger partial charge in [0, 0.05) is 19.0 Å². The number of hydrogen-bond donors (Lipinski definition) is 3. The van der Waals surface area contributed by atoms with Crippen LogP contribution in [0.4, 0.5) is 4.79 Å². The van der Waals surface area contributed by atoms with Crippen LogP contribution in [0, 0.1) is 0 Å². The van der Waals surface area contributed by atoms with Crippen LogP contribution in [-0.4, -0.2) is 51.7 Å². The third-order valence-corrected chi connectivity index (χ3v) is 3.24. The SMILES string of the molecule is CCCCN(C(=O)N[C@@H](CCC(=O)O)C(=O)O)C1CC1. The molecule has 0 spiro atoms. The first-order valence-electron chi connectivity index (χ1n) is 6.97. The lowest BCUT2D eigenvalue weighted by Crippen LogP contribution is -2.49. The van der Waals surface area contributed by atoms with Gasteiger partial charge in [0.05, 0.1) is 0 Å². The van der Waals surface area contributed by atoms with Crippen LogP contribution in [0.25, 0.3) is 0 Å². The number of nitrogens with one attached hydrogen (secondary N) is 1. The van der Waals surface area contributed by atoms with E-state index in [4.69, 9.17) is 10.2 Å². The number of carboxylic acids is 2. The van der Waals surface area contributed by atoms with Gasteiger partial charge in [-0.25, -0.2) is 9.59 Å². The molecule has 2 amide bonds. The largest absolute Gasteiger partial charge is 0.481 e. The zero-order chi connectivity index (χ0) is 15.1. The highest BCUT2D eigenvalue weighted by Crippen LogP contribution is 2.27. The highest BCUT2D eigenvalue weighted by molar-refractivity contribution is 5.83. The molecule has 0 heterocycles. The van der Waals surface area contributed by atoms with E-state index in [1.165, 1.54) is 0 Å². The van der Waals surface area contributed by atoms with Crippen molar-refractivity contribution in [1.82, 2.24) is 10.2 Å². The number of unbranched alkanes of at least 4 members (excludes halogenated alkanes) is 1. The Morgan fingerprint density at radius 2 is 1.95 bits per heavy atom. The van der Waals surface area contributed by atoms with Gasteiger partial charge < -0.3 is 20.4 Å². The van der Waals surface area contributed by atoms with E-state index in [1.807, 2.05) is 6.92 Å². The van der Waals surface area contributed by atoms with E-state index in [-0.39, 0.29) is 18.9 Å². The molecular formula is C13H22N2O5. The number of carboxylic acid groups (broad SMARTS) is 2. The van der Waals surface area contributed by atoms with Gasteiger partial charge in [-0.15, -0.1) is 0 Å². The summed E-state index contributed by atoms with van der Waals surface area (Å²) < 4.78 is 0. The fourth-order valence-electron chi connectivity index (χ4n) is 1.92. The minimum absolute atomic E-state index is 0.108. The maximum atomic E-state index is 12.1. The minimum atomic E-state index is -1.20. The molecule has 0 aromatic carbocycles. The Morgan fingerprint density at radius 1 is 1.30 bits per heavy atom. The van der Waals surface area contributed by atoms with Crippen molar-refractivity contribution < 1.29 is 24.6 Å². The van der Waals surface area contributed by atoms with Crippen LogP contribution in [0.15, 0.2) is 0 Å². The molecule has 114 valence electrons. The highest BCUT2D eigenvalue weighted by Gasteiger charge is 2.33. The third-order valence-electron chi connectivity index (χ3n) is 3.24. The van der Waals surface area contributed by atoms with Crippen molar-refractivity contribution in [2.24, 2.45) is 0 Å². The summed E-state index contributed by atoms with van der Waals surface area (Å²) in [5, 5.41) is 20.0. The first-order chi connectivity index (χ1) is 9.45. The Morgan fingerprint density at radius 3 is 2.40 bits per heavy atom. The second kappa shape index (κ2) is 7.72. The maximum Gasteiger partial charge on any atom is 0.326 e. The van der Waals surface area contributed by atoms with Crippen molar-refractivity contribution in [2.45, 2.75) is 57.5 Å². The third kappa shape index (κ3) is 5.46. The predicted octanol–water partition coefficient (Wildman–Crippen LogP) is 1.28. The quantitative estimate of drug-likeness (QED) is 0.592. The molecule has 20 heavy (non-hydrogen) atoms. The second-order valence-electron chi connectivity index (χ2n) is 5.05. The standard InChI is InChI=1S/C13H22N2O5/c1-2-3-8-15(9-4-5-9)13(20)14-10(12(18)19)6-7-11(16)17/h9-10H,2-8H2,1H3,(H,14,20)(H,16,17)(H,18,19)/t10-/m0/s1. The number of amides is 2. The van der Waals surface area contributed by atoms with Crippen molar-refractivity contribution >= 4 is 18.0 Å². The van der Waals surface area contributed by atoms with E-state index in [1.54, 1.807) is 4.90 Å². The van der Waals surface area contributed by atoms with Crippen LogP contribution in [0.3, 0.4) is 0 Å². The molecular weight excluding hydrogens is 264 g/mol. The first-order valence-corrected chi connectivity index (χ1v) is 6.97. The van der Waals surface area contributed by atoms with Gasteiger partial charge in [-0.3, -0.25) is 4.79 Å². The van der Waals surface area contributed by atoms with Gasteiger partial charge in [-0.1, -0.05) is 13.3 Å². The normalized spacial score (nSPS) is 15.4. The Hall–Kier alpha value is -1.79. The molecule has 1 saturated carbocycles. The van der Waals surface area contributed by atoms with E-state index in [0.717, 1.165) is 25.7 Å². The van der Waals surface area contributed by atoms with Crippen LogP contribution in [0.5, 0.6) is 0 Å². The van der Waals surface area contributed by atoms with Crippen molar-refractivity contribution in [1.29, 1.82) is 0 Å². The van der Waals surface area contributed by atoms with E-state index in [9.17, 15) is 14.4 Å². The molecule has 1 aliphatic rings. The monoisotopic (exact) mass is 286 g/mol. The molecule has 0 unspecified atom stereocenters. The lowest BCUT2D eigenvalue weighted by molar-refractivity contribution is -0.140. The molecule has 1 rings (SSSR count). The topological polar surface area (TPSA) is 107 Å². The summed E-state index contributed by atoms with van der Waals surface area (Å²) in [6.45, 7) is 2.63. The molecule has 1 aliphatic carbocycles.